The van der Waals surface area contributed by atoms with Crippen molar-refractivity contribution in [2.24, 2.45) is 0 Å². The van der Waals surface area contributed by atoms with E-state index in [4.69, 9.17) is 0 Å². The van der Waals surface area contributed by atoms with Gasteiger partial charge in [0.1, 0.15) is 0 Å². The molecule has 5 unspecified atom stereocenters. The summed E-state index contributed by atoms with van der Waals surface area (Å²) in [4.78, 5) is 0. The molecule has 0 saturated carbocycles. The second kappa shape index (κ2) is 10.1. The van der Waals surface area contributed by atoms with Crippen LogP contribution in [-0.2, 0) is 21.1 Å². The third-order valence-corrected chi connectivity index (χ3v) is 34.5. The van der Waals surface area contributed by atoms with Crippen molar-refractivity contribution in [3.8, 4) is 0 Å². The van der Waals surface area contributed by atoms with Crippen molar-refractivity contribution < 1.29 is 21.1 Å². The summed E-state index contributed by atoms with van der Waals surface area (Å²) in [6, 6.07) is 0. The molecule has 0 aromatic rings. The smallest absolute Gasteiger partial charge is 0 e. The summed E-state index contributed by atoms with van der Waals surface area (Å²) in [5.74, 6) is 0. The van der Waals surface area contributed by atoms with E-state index in [0.717, 1.165) is 7.96 Å². The third-order valence-electron chi connectivity index (χ3n) is 0.426. The van der Waals surface area contributed by atoms with Crippen LogP contribution in [0.4, 0.5) is 0 Å². The van der Waals surface area contributed by atoms with E-state index in [2.05, 4.69) is 44.6 Å². The van der Waals surface area contributed by atoms with Crippen LogP contribution in [0, 0.1) is 0 Å². The van der Waals surface area contributed by atoms with E-state index in [0.29, 0.717) is 0 Å². The average molecular weight is 471 g/mol. The molecule has 0 amide bonds. The van der Waals surface area contributed by atoms with Gasteiger partial charge < -0.3 is 33.8 Å². The fourth-order valence-electron chi connectivity index (χ4n) is 0.155. The molecule has 0 aliphatic heterocycles. The fourth-order valence-corrected chi connectivity index (χ4v) is 37.7. The Labute approximate surface area is 94.0 Å². The van der Waals surface area contributed by atoms with Crippen molar-refractivity contribution in [3.05, 3.63) is 0 Å². The molecule has 0 fully saturated rings. The van der Waals surface area contributed by atoms with Crippen LogP contribution in [0.25, 0.3) is 0 Å². The van der Waals surface area contributed by atoms with Crippen molar-refractivity contribution in [2.75, 3.05) is 0 Å². The van der Waals surface area contributed by atoms with Gasteiger partial charge in [0, 0.05) is 21.1 Å². The van der Waals surface area contributed by atoms with Gasteiger partial charge in [-0.3, -0.25) is 0 Å². The van der Waals surface area contributed by atoms with Crippen LogP contribution >= 0.6 is 73.6 Å². The molecule has 0 aliphatic rings. The van der Waals surface area contributed by atoms with Gasteiger partial charge in [0.15, 0.2) is 0 Å². The Balaban J connectivity index is 0. The van der Waals surface area contributed by atoms with Crippen LogP contribution in [0.15, 0.2) is 0 Å². The Morgan fingerprint density at radius 1 is 1.10 bits per heavy atom. The van der Waals surface area contributed by atoms with Gasteiger partial charge in [-0.2, -0.15) is 0 Å². The van der Waals surface area contributed by atoms with Crippen molar-refractivity contribution in [3.63, 3.8) is 0 Å². The Hall–Kier alpha value is 4.56. The van der Waals surface area contributed by atoms with Crippen LogP contribution in [0.2, 0.25) is 0 Å². The maximum absolute atomic E-state index is 3.60. The van der Waals surface area contributed by atoms with Crippen LogP contribution in [-0.4, -0.2) is 0 Å². The van der Waals surface area contributed by atoms with Gasteiger partial charge in [0.05, 0.1) is 0 Å². The van der Waals surface area contributed by atoms with Crippen LogP contribution in [0.5, 0.6) is 0 Å². The normalized spacial score (nSPS) is 17.4. The predicted octanol–water partition coefficient (Wildman–Crippen LogP) is 5.61. The monoisotopic (exact) mass is 471 g/mol. The first kappa shape index (κ1) is 17.0. The van der Waals surface area contributed by atoms with Gasteiger partial charge in [0.25, 0.3) is 0 Å². The zero-order valence-electron chi connectivity index (χ0n) is 4.90. The third kappa shape index (κ3) is 10.6. The number of rotatable bonds is 3. The largest absolute Gasteiger partial charge is 0.553 e. The van der Waals surface area contributed by atoms with Crippen molar-refractivity contribution in [1.82, 2.24) is 0 Å². The Morgan fingerprint density at radius 3 is 1.60 bits per heavy atom. The Morgan fingerprint density at radius 2 is 1.50 bits per heavy atom. The minimum absolute atomic E-state index is 0. The molecule has 0 N–H and O–H groups in total. The molecule has 0 aliphatic carbocycles. The van der Waals surface area contributed by atoms with Gasteiger partial charge in [-0.1, -0.05) is 14.9 Å². The molecular formula is H8P9W-3. The number of hydrogen-bond donors (Lipinski definition) is 0. The fraction of sp³-hybridized carbons (Fsp3) is 0. The first-order valence-corrected chi connectivity index (χ1v) is 16.5. The molecule has 5 atom stereocenters. The summed E-state index contributed by atoms with van der Waals surface area (Å²) in [7, 11) is 17.5. The maximum Gasteiger partial charge on any atom is 0 e. The average Bonchev–Trinajstić information content (AvgIpc) is 1.63. The minimum Gasteiger partial charge on any atom is -0.553 e. The van der Waals surface area contributed by atoms with Crippen molar-refractivity contribution in [1.29, 1.82) is 0 Å². The summed E-state index contributed by atoms with van der Waals surface area (Å²) in [5, 5.41) is 0. The first-order chi connectivity index (χ1) is 4.04. The van der Waals surface area contributed by atoms with Crippen molar-refractivity contribution >= 4 is 73.6 Å². The van der Waals surface area contributed by atoms with Crippen LogP contribution in [0.3, 0.4) is 0 Å². The summed E-state index contributed by atoms with van der Waals surface area (Å²) in [6.07, 6.45) is 0. The molecule has 0 radical (unpaired) electrons. The standard InChI is InChI=1S/H8P9.W/c1-7(2)6-9(5)8(3)4;/h1,3-4,6H,2,5H2;/q-3;. The van der Waals surface area contributed by atoms with E-state index < -0.39 is 0 Å². The number of hydrogen-bond acceptors (Lipinski definition) is 0. The SMILES string of the molecule is [PH-]P(P)PP(P)P([PH-])[PH-].[W]. The quantitative estimate of drug-likeness (QED) is 0.471. The van der Waals surface area contributed by atoms with E-state index in [1.54, 1.807) is 0 Å². The van der Waals surface area contributed by atoms with Crippen molar-refractivity contribution in [2.45, 2.75) is 0 Å². The Bertz CT molecular complexity index is 67.1. The zero-order chi connectivity index (χ0) is 7.44. The van der Waals surface area contributed by atoms with Gasteiger partial charge in [0.2, 0.25) is 0 Å². The molecule has 0 heterocycles. The summed E-state index contributed by atoms with van der Waals surface area (Å²) < 4.78 is 0. The molecule has 0 spiro atoms. The molecule has 0 nitrogen and oxygen atoms in total. The Kier molecular flexibility index (Phi) is 17.1. The minimum atomic E-state index is -0.0712. The van der Waals surface area contributed by atoms with E-state index in [1.807, 2.05) is 0 Å². The maximum atomic E-state index is 3.60. The summed E-state index contributed by atoms with van der Waals surface area (Å²) in [6.45, 7) is 0.0852. The molecule has 0 saturated heterocycles. The molecular weight excluding hydrogens is 463 g/mol. The first-order valence-electron chi connectivity index (χ1n) is 1.83. The topological polar surface area (TPSA) is 0 Å². The molecule has 0 bridgehead atoms. The van der Waals surface area contributed by atoms with Gasteiger partial charge in [-0.15, -0.1) is 17.9 Å². The van der Waals surface area contributed by atoms with Crippen LogP contribution < -0.4 is 0 Å². The predicted molar refractivity (Wildman–Crippen MR) is 73.4 cm³/mol. The van der Waals surface area contributed by atoms with E-state index >= 15 is 0 Å². The summed E-state index contributed by atoms with van der Waals surface area (Å²) in [5.41, 5.74) is 0. The zero-order valence-corrected chi connectivity index (χ0v) is 16.8. The molecule has 0 aromatic carbocycles. The molecule has 10 heavy (non-hydrogen) atoms. The van der Waals surface area contributed by atoms with Gasteiger partial charge in [-0.05, 0) is 0 Å². The molecule has 0 rings (SSSR count). The molecule has 0 aromatic heterocycles. The van der Waals surface area contributed by atoms with E-state index in [9.17, 15) is 0 Å². The molecule has 10 heteroatoms. The summed E-state index contributed by atoms with van der Waals surface area (Å²) >= 11 is 0. The second-order valence-electron chi connectivity index (χ2n) is 1.13. The second-order valence-corrected chi connectivity index (χ2v) is 30.4. The van der Waals surface area contributed by atoms with Gasteiger partial charge in [-0.25, -0.2) is 6.99 Å². The molecule has 62 valence electrons. The van der Waals surface area contributed by atoms with Gasteiger partial charge >= 0.3 is 0 Å². The van der Waals surface area contributed by atoms with Crippen LogP contribution in [0.1, 0.15) is 0 Å². The van der Waals surface area contributed by atoms with E-state index in [-0.39, 0.29) is 42.0 Å². The van der Waals surface area contributed by atoms with E-state index in [1.165, 1.54) is 0 Å².